The highest BCUT2D eigenvalue weighted by atomic mass is 15.1. The van der Waals surface area contributed by atoms with E-state index in [2.05, 4.69) is 242 Å². The number of benzene rings is 9. The minimum atomic E-state index is -0.532. The van der Waals surface area contributed by atoms with E-state index in [1.165, 1.54) is 149 Å². The second kappa shape index (κ2) is 14.0. The van der Waals surface area contributed by atoms with Crippen LogP contribution in [0, 0.1) is 0 Å². The second-order valence-electron chi connectivity index (χ2n) is 24.4. The van der Waals surface area contributed by atoms with Gasteiger partial charge in [-0.2, -0.15) is 0 Å². The fraction of sp³-hybridized carbons (Fsp3) is 0.217. The predicted octanol–water partition coefficient (Wildman–Crippen LogP) is 15.9. The molecule has 1 aliphatic carbocycles. The summed E-state index contributed by atoms with van der Waals surface area (Å²) in [4.78, 5) is 0. The van der Waals surface area contributed by atoms with Crippen LogP contribution in [0.25, 0.3) is 88.4 Å². The Morgan fingerprint density at radius 3 is 1.64 bits per heavy atom. The zero-order valence-electron chi connectivity index (χ0n) is 43.2. The van der Waals surface area contributed by atoms with Crippen molar-refractivity contribution >= 4 is 66.6 Å². The van der Waals surface area contributed by atoms with Crippen molar-refractivity contribution in [1.29, 1.82) is 0 Å². The average molecular weight is 927 g/mol. The Balaban J connectivity index is 1.18. The lowest BCUT2D eigenvalue weighted by Crippen LogP contribution is -2.60. The summed E-state index contributed by atoms with van der Waals surface area (Å²) in [6.07, 6.45) is 0. The number of nitrogens with zero attached hydrogens (tertiary/aromatic N) is 2. The summed E-state index contributed by atoms with van der Waals surface area (Å²) in [5.41, 5.74) is 29.3. The van der Waals surface area contributed by atoms with Crippen LogP contribution in [0.1, 0.15) is 126 Å². The molecule has 2 nitrogen and oxygen atoms in total. The molecular weight excluding hydrogens is 868 g/mol. The van der Waals surface area contributed by atoms with Gasteiger partial charge in [0.1, 0.15) is 0 Å². The van der Waals surface area contributed by atoms with Gasteiger partial charge in [-0.25, -0.2) is 0 Å². The molecule has 4 aliphatic rings. The number of hydrogen-bond donors (Lipinski definition) is 0. The maximum atomic E-state index is 2.78. The Labute approximate surface area is 424 Å². The smallest absolute Gasteiger partial charge is 0.252 e. The number of aromatic nitrogens is 2. The Bertz CT molecular complexity index is 4170. The van der Waals surface area contributed by atoms with E-state index in [4.69, 9.17) is 0 Å². The molecule has 9 aromatic carbocycles. The van der Waals surface area contributed by atoms with Crippen LogP contribution >= 0.6 is 0 Å². The molecule has 72 heavy (non-hydrogen) atoms. The van der Waals surface area contributed by atoms with Crippen molar-refractivity contribution in [3.8, 4) is 44.9 Å². The molecule has 0 unspecified atom stereocenters. The van der Waals surface area contributed by atoms with E-state index in [1.54, 1.807) is 0 Å². The van der Waals surface area contributed by atoms with E-state index < -0.39 is 5.41 Å². The SMILES string of the molecule is CC(C)c1cc2c3c(c1)c1cc(C(C)C)cc4c1n3-c1c(ccc3c1B2c1cc2ccccc2c2c(-c5ccc(C(C)(C)C)cc5)c(-c5ccc(C(C)(C)C)cc5)n-3c12)C41c2ccccc2-c2ccccc21. The first-order chi connectivity index (χ1) is 34.7. The molecule has 348 valence electrons. The molecular formula is C69H59BN2. The molecule has 3 aliphatic heterocycles. The molecule has 0 fully saturated rings. The molecule has 11 aromatic rings. The van der Waals surface area contributed by atoms with Gasteiger partial charge in [0, 0.05) is 38.6 Å². The minimum Gasteiger partial charge on any atom is -0.310 e. The van der Waals surface area contributed by atoms with Crippen molar-refractivity contribution < 1.29 is 0 Å². The largest absolute Gasteiger partial charge is 0.310 e. The van der Waals surface area contributed by atoms with Gasteiger partial charge in [-0.1, -0.05) is 215 Å². The second-order valence-corrected chi connectivity index (χ2v) is 24.4. The summed E-state index contributed by atoms with van der Waals surface area (Å²) >= 11 is 0. The molecule has 1 spiro atoms. The highest BCUT2D eigenvalue weighted by Crippen LogP contribution is 2.62. The van der Waals surface area contributed by atoms with Crippen LogP contribution < -0.4 is 16.4 Å². The van der Waals surface area contributed by atoms with Gasteiger partial charge in [-0.15, -0.1) is 0 Å². The standard InChI is InChI=1S/C69H59BN2/c1-38(2)43-33-50-51-34-44(39(3)4)37-56-64(51)72-63(50)55(35-43)69(52-21-15-13-19-48(52)49-20-14-16-22-53(49)69)54-31-32-58-61(65(54)72)70(56)57-36-42-17-11-12-18-47(42)60-59(40-23-27-45(28-24-40)67(5,6)7)62(71(58)66(57)60)41-25-29-46(30-26-41)68(8,9)10/h11-39H,1-10H3. The van der Waals surface area contributed by atoms with Crippen LogP contribution in [-0.2, 0) is 16.2 Å². The van der Waals surface area contributed by atoms with Crippen molar-refractivity contribution in [3.63, 3.8) is 0 Å². The van der Waals surface area contributed by atoms with Crippen LogP contribution in [0.4, 0.5) is 0 Å². The maximum Gasteiger partial charge on any atom is 0.252 e. The van der Waals surface area contributed by atoms with Gasteiger partial charge in [0.2, 0.25) is 0 Å². The van der Waals surface area contributed by atoms with Gasteiger partial charge in [0.25, 0.3) is 6.71 Å². The third-order valence-electron chi connectivity index (χ3n) is 17.7. The summed E-state index contributed by atoms with van der Waals surface area (Å²) in [7, 11) is 0. The van der Waals surface area contributed by atoms with E-state index in [0.29, 0.717) is 11.8 Å². The zero-order valence-corrected chi connectivity index (χ0v) is 43.2. The van der Waals surface area contributed by atoms with Gasteiger partial charge in [-0.05, 0) is 135 Å². The van der Waals surface area contributed by atoms with E-state index in [9.17, 15) is 0 Å². The van der Waals surface area contributed by atoms with Gasteiger partial charge in [0.15, 0.2) is 0 Å². The summed E-state index contributed by atoms with van der Waals surface area (Å²) in [5.74, 6) is 0.704. The lowest BCUT2D eigenvalue weighted by Gasteiger charge is -2.44. The van der Waals surface area contributed by atoms with E-state index in [1.807, 2.05) is 0 Å². The third-order valence-corrected chi connectivity index (χ3v) is 17.7. The molecule has 0 N–H and O–H groups in total. The minimum absolute atomic E-state index is 0.00948. The van der Waals surface area contributed by atoms with Crippen molar-refractivity contribution in [3.05, 3.63) is 208 Å². The van der Waals surface area contributed by atoms with Crippen LogP contribution in [0.2, 0.25) is 0 Å². The molecule has 3 heteroatoms. The first kappa shape index (κ1) is 42.3. The highest BCUT2D eigenvalue weighted by molar-refractivity contribution is 7.00. The van der Waals surface area contributed by atoms with E-state index in [-0.39, 0.29) is 17.5 Å². The van der Waals surface area contributed by atoms with Crippen molar-refractivity contribution in [2.45, 2.75) is 97.3 Å². The molecule has 0 atom stereocenters. The summed E-state index contributed by atoms with van der Waals surface area (Å²) in [5, 5.41) is 6.68. The summed E-state index contributed by atoms with van der Waals surface area (Å²) in [6, 6.07) is 65.2. The number of fused-ring (bicyclic) bond motifs is 13. The fourth-order valence-corrected chi connectivity index (χ4v) is 14.3. The maximum absolute atomic E-state index is 2.78. The molecule has 0 bridgehead atoms. The zero-order chi connectivity index (χ0) is 49.1. The Hall–Kier alpha value is -7.36. The van der Waals surface area contributed by atoms with Crippen molar-refractivity contribution in [2.24, 2.45) is 0 Å². The molecule has 2 aromatic heterocycles. The Kier molecular flexibility index (Phi) is 8.22. The predicted molar refractivity (Wildman–Crippen MR) is 307 cm³/mol. The summed E-state index contributed by atoms with van der Waals surface area (Å²) < 4.78 is 5.51. The number of rotatable bonds is 4. The topological polar surface area (TPSA) is 9.86 Å². The van der Waals surface area contributed by atoms with Gasteiger partial charge in [-0.3, -0.25) is 0 Å². The lowest BCUT2D eigenvalue weighted by atomic mass is 9.33. The molecule has 5 heterocycles. The van der Waals surface area contributed by atoms with Crippen LogP contribution in [0.3, 0.4) is 0 Å². The van der Waals surface area contributed by atoms with E-state index >= 15 is 0 Å². The molecule has 0 amide bonds. The van der Waals surface area contributed by atoms with Crippen LogP contribution in [0.5, 0.6) is 0 Å². The molecule has 0 radical (unpaired) electrons. The van der Waals surface area contributed by atoms with Gasteiger partial charge < -0.3 is 9.13 Å². The average Bonchev–Trinajstić information content (AvgIpc) is 4.01. The lowest BCUT2D eigenvalue weighted by molar-refractivity contribution is 0.590. The van der Waals surface area contributed by atoms with Crippen LogP contribution in [0.15, 0.2) is 164 Å². The monoisotopic (exact) mass is 926 g/mol. The van der Waals surface area contributed by atoms with Crippen molar-refractivity contribution in [1.82, 2.24) is 9.13 Å². The van der Waals surface area contributed by atoms with E-state index in [0.717, 1.165) is 0 Å². The molecule has 0 saturated carbocycles. The first-order valence-electron chi connectivity index (χ1n) is 26.5. The van der Waals surface area contributed by atoms with Crippen molar-refractivity contribution in [2.75, 3.05) is 0 Å². The van der Waals surface area contributed by atoms with Gasteiger partial charge >= 0.3 is 0 Å². The van der Waals surface area contributed by atoms with Gasteiger partial charge in [0.05, 0.1) is 22.1 Å². The Morgan fingerprint density at radius 1 is 0.458 bits per heavy atom. The Morgan fingerprint density at radius 2 is 1.01 bits per heavy atom. The quantitative estimate of drug-likeness (QED) is 0.156. The third kappa shape index (κ3) is 5.17. The normalized spacial score (nSPS) is 14.6. The molecule has 0 saturated heterocycles. The number of hydrogen-bond acceptors (Lipinski definition) is 0. The first-order valence-corrected chi connectivity index (χ1v) is 26.5. The summed E-state index contributed by atoms with van der Waals surface area (Å²) in [6.45, 7) is 23.4. The highest BCUT2D eigenvalue weighted by Gasteiger charge is 2.54. The fourth-order valence-electron chi connectivity index (χ4n) is 14.3. The molecule has 15 rings (SSSR count). The van der Waals surface area contributed by atoms with Crippen LogP contribution in [-0.4, -0.2) is 15.8 Å².